The topological polar surface area (TPSA) is 37.8 Å². The van der Waals surface area contributed by atoms with E-state index in [1.807, 2.05) is 6.07 Å². The Bertz CT molecular complexity index is 616. The number of anilines is 1. The number of aromatic nitrogens is 2. The van der Waals surface area contributed by atoms with Crippen LogP contribution in [0, 0.1) is 5.82 Å². The number of nitrogens with one attached hydrogen (secondary N) is 1. The molecule has 2 rings (SSSR count). The van der Waals surface area contributed by atoms with Crippen molar-refractivity contribution in [3.8, 4) is 11.4 Å². The molecule has 5 heteroatoms. The molecule has 21 heavy (non-hydrogen) atoms. The first-order chi connectivity index (χ1) is 10.1. The molecule has 0 fully saturated rings. The molecule has 0 radical (unpaired) electrons. The summed E-state index contributed by atoms with van der Waals surface area (Å²) in [4.78, 5) is 8.97. The molecule has 0 bridgehead atoms. The number of nitrogens with zero attached hydrogens (tertiary/aromatic N) is 2. The SMILES string of the molecule is CCCNc1cc(CCC)nc(-c2ccc(Cl)c(F)c2)n1. The third kappa shape index (κ3) is 4.14. The van der Waals surface area contributed by atoms with Crippen LogP contribution < -0.4 is 5.32 Å². The van der Waals surface area contributed by atoms with Crippen LogP contribution in [0.1, 0.15) is 32.4 Å². The molecule has 1 aromatic heterocycles. The van der Waals surface area contributed by atoms with Crippen molar-refractivity contribution in [1.29, 1.82) is 0 Å². The first-order valence-corrected chi connectivity index (χ1v) is 7.59. The van der Waals surface area contributed by atoms with Crippen LogP contribution in [0.5, 0.6) is 0 Å². The molecule has 0 unspecified atom stereocenters. The van der Waals surface area contributed by atoms with Crippen molar-refractivity contribution in [3.63, 3.8) is 0 Å². The van der Waals surface area contributed by atoms with Crippen LogP contribution in [0.3, 0.4) is 0 Å². The van der Waals surface area contributed by atoms with Crippen LogP contribution in [-0.4, -0.2) is 16.5 Å². The van der Waals surface area contributed by atoms with Crippen LogP contribution in [0.25, 0.3) is 11.4 Å². The van der Waals surface area contributed by atoms with E-state index in [1.165, 1.54) is 12.1 Å². The van der Waals surface area contributed by atoms with Gasteiger partial charge < -0.3 is 5.32 Å². The van der Waals surface area contributed by atoms with E-state index in [-0.39, 0.29) is 5.02 Å². The van der Waals surface area contributed by atoms with Crippen LogP contribution >= 0.6 is 11.6 Å². The van der Waals surface area contributed by atoms with Gasteiger partial charge in [0.25, 0.3) is 0 Å². The van der Waals surface area contributed by atoms with Crippen molar-refractivity contribution in [1.82, 2.24) is 9.97 Å². The number of aryl methyl sites for hydroxylation is 1. The average Bonchev–Trinajstić information content (AvgIpc) is 2.48. The molecule has 3 nitrogen and oxygen atoms in total. The maximum atomic E-state index is 13.6. The van der Waals surface area contributed by atoms with Crippen LogP contribution in [-0.2, 0) is 6.42 Å². The lowest BCUT2D eigenvalue weighted by Crippen LogP contribution is -2.05. The summed E-state index contributed by atoms with van der Waals surface area (Å²) in [6.07, 6.45) is 2.88. The molecule has 0 aliphatic carbocycles. The van der Waals surface area contributed by atoms with Gasteiger partial charge in [0.1, 0.15) is 11.6 Å². The van der Waals surface area contributed by atoms with E-state index < -0.39 is 5.82 Å². The summed E-state index contributed by atoms with van der Waals surface area (Å²) in [7, 11) is 0. The van der Waals surface area contributed by atoms with Crippen LogP contribution in [0.4, 0.5) is 10.2 Å². The van der Waals surface area contributed by atoms with E-state index in [0.29, 0.717) is 11.4 Å². The molecule has 0 saturated heterocycles. The summed E-state index contributed by atoms with van der Waals surface area (Å²) >= 11 is 5.72. The Balaban J connectivity index is 2.40. The largest absolute Gasteiger partial charge is 0.370 e. The van der Waals surface area contributed by atoms with Gasteiger partial charge in [0, 0.05) is 23.9 Å². The molecule has 0 spiro atoms. The van der Waals surface area contributed by atoms with Gasteiger partial charge in [-0.05, 0) is 31.0 Å². The zero-order chi connectivity index (χ0) is 15.2. The molecular weight excluding hydrogens is 289 g/mol. The van der Waals surface area contributed by atoms with Crippen molar-refractivity contribution < 1.29 is 4.39 Å². The van der Waals surface area contributed by atoms with Crippen LogP contribution in [0.15, 0.2) is 24.3 Å². The number of hydrogen-bond donors (Lipinski definition) is 1. The summed E-state index contributed by atoms with van der Waals surface area (Å²) in [5, 5.41) is 3.36. The fourth-order valence-corrected chi connectivity index (χ4v) is 2.11. The van der Waals surface area contributed by atoms with E-state index >= 15 is 0 Å². The van der Waals surface area contributed by atoms with Gasteiger partial charge in [-0.1, -0.05) is 31.9 Å². The molecule has 0 atom stereocenters. The minimum Gasteiger partial charge on any atom is -0.370 e. The maximum Gasteiger partial charge on any atom is 0.161 e. The molecule has 1 N–H and O–H groups in total. The third-order valence-corrected chi connectivity index (χ3v) is 3.33. The molecule has 2 aromatic rings. The lowest BCUT2D eigenvalue weighted by molar-refractivity contribution is 0.628. The van der Waals surface area contributed by atoms with E-state index in [4.69, 9.17) is 11.6 Å². The molecule has 112 valence electrons. The average molecular weight is 308 g/mol. The Hall–Kier alpha value is -1.68. The van der Waals surface area contributed by atoms with Crippen molar-refractivity contribution in [2.24, 2.45) is 0 Å². The monoisotopic (exact) mass is 307 g/mol. The second-order valence-electron chi connectivity index (χ2n) is 4.87. The van der Waals surface area contributed by atoms with E-state index in [2.05, 4.69) is 29.1 Å². The van der Waals surface area contributed by atoms with Gasteiger partial charge in [0.05, 0.1) is 5.02 Å². The molecule has 1 aromatic carbocycles. The lowest BCUT2D eigenvalue weighted by Gasteiger charge is -2.09. The summed E-state index contributed by atoms with van der Waals surface area (Å²) in [6.45, 7) is 5.04. The zero-order valence-electron chi connectivity index (χ0n) is 12.3. The molecule has 0 amide bonds. The van der Waals surface area contributed by atoms with Crippen molar-refractivity contribution in [2.75, 3.05) is 11.9 Å². The molecule has 0 aliphatic heterocycles. The molecule has 0 saturated carbocycles. The van der Waals surface area contributed by atoms with E-state index in [0.717, 1.165) is 37.3 Å². The molecule has 0 aliphatic rings. The third-order valence-electron chi connectivity index (χ3n) is 3.02. The highest BCUT2D eigenvalue weighted by atomic mass is 35.5. The second kappa shape index (κ2) is 7.36. The maximum absolute atomic E-state index is 13.6. The minimum atomic E-state index is -0.457. The molecule has 1 heterocycles. The van der Waals surface area contributed by atoms with Gasteiger partial charge in [0.15, 0.2) is 5.82 Å². The quantitative estimate of drug-likeness (QED) is 0.839. The van der Waals surface area contributed by atoms with Gasteiger partial charge in [-0.25, -0.2) is 14.4 Å². The summed E-state index contributed by atoms with van der Waals surface area (Å²) < 4.78 is 13.6. The number of rotatable bonds is 6. The van der Waals surface area contributed by atoms with Crippen molar-refractivity contribution in [3.05, 3.63) is 40.8 Å². The first-order valence-electron chi connectivity index (χ1n) is 7.21. The van der Waals surface area contributed by atoms with Gasteiger partial charge in [-0.15, -0.1) is 0 Å². The van der Waals surface area contributed by atoms with Crippen molar-refractivity contribution in [2.45, 2.75) is 33.1 Å². The zero-order valence-corrected chi connectivity index (χ0v) is 13.0. The Kier molecular flexibility index (Phi) is 5.51. The fraction of sp³-hybridized carbons (Fsp3) is 0.375. The highest BCUT2D eigenvalue weighted by Crippen LogP contribution is 2.23. The first kappa shape index (κ1) is 15.7. The number of benzene rings is 1. The lowest BCUT2D eigenvalue weighted by atomic mass is 10.2. The van der Waals surface area contributed by atoms with Crippen molar-refractivity contribution >= 4 is 17.4 Å². The number of hydrogen-bond acceptors (Lipinski definition) is 3. The Morgan fingerprint density at radius 3 is 2.62 bits per heavy atom. The van der Waals surface area contributed by atoms with Gasteiger partial charge >= 0.3 is 0 Å². The van der Waals surface area contributed by atoms with E-state index in [1.54, 1.807) is 6.07 Å². The second-order valence-corrected chi connectivity index (χ2v) is 5.28. The van der Waals surface area contributed by atoms with Gasteiger partial charge in [-0.2, -0.15) is 0 Å². The smallest absolute Gasteiger partial charge is 0.161 e. The predicted molar refractivity (Wildman–Crippen MR) is 85.2 cm³/mol. The summed E-state index contributed by atoms with van der Waals surface area (Å²) in [5.41, 5.74) is 1.59. The predicted octanol–water partition coefficient (Wildman–Crippen LogP) is 4.71. The normalized spacial score (nSPS) is 10.7. The summed E-state index contributed by atoms with van der Waals surface area (Å²) in [6, 6.07) is 6.59. The van der Waals surface area contributed by atoms with Crippen LogP contribution in [0.2, 0.25) is 5.02 Å². The fourth-order valence-electron chi connectivity index (χ4n) is 1.99. The van der Waals surface area contributed by atoms with Gasteiger partial charge in [0.2, 0.25) is 0 Å². The highest BCUT2D eigenvalue weighted by molar-refractivity contribution is 6.30. The van der Waals surface area contributed by atoms with Gasteiger partial charge in [-0.3, -0.25) is 0 Å². The minimum absolute atomic E-state index is 0.104. The van der Waals surface area contributed by atoms with E-state index in [9.17, 15) is 4.39 Å². The Labute approximate surface area is 129 Å². The standard InChI is InChI=1S/C16H19ClFN3/c1-3-5-12-10-15(19-8-4-2)21-16(20-12)11-6-7-13(17)14(18)9-11/h6-7,9-10H,3-5,8H2,1-2H3,(H,19,20,21). The Morgan fingerprint density at radius 2 is 1.95 bits per heavy atom. The number of halogens is 2. The molecular formula is C16H19ClFN3. The summed E-state index contributed by atoms with van der Waals surface area (Å²) in [5.74, 6) is 0.845. The highest BCUT2D eigenvalue weighted by Gasteiger charge is 2.09. The Morgan fingerprint density at radius 1 is 1.14 bits per heavy atom.